The van der Waals surface area contributed by atoms with Gasteiger partial charge in [0, 0.05) is 43.4 Å². The van der Waals surface area contributed by atoms with Gasteiger partial charge in [-0.3, -0.25) is 0 Å². The number of furan rings is 1. The molecular formula is C45H45IrN3O-2. The van der Waals surface area contributed by atoms with E-state index in [1.807, 2.05) is 54.7 Å². The van der Waals surface area contributed by atoms with Crippen molar-refractivity contribution in [2.24, 2.45) is 5.41 Å². The molecule has 4 aromatic heterocycles. The van der Waals surface area contributed by atoms with Gasteiger partial charge in [0.25, 0.3) is 0 Å². The Hall–Kier alpha value is -4.44. The number of benzene rings is 3. The third-order valence-electron chi connectivity index (χ3n) is 8.77. The van der Waals surface area contributed by atoms with Crippen molar-refractivity contribution >= 4 is 22.1 Å². The van der Waals surface area contributed by atoms with Gasteiger partial charge in [-0.05, 0) is 76.9 Å². The average molecular weight is 836 g/mol. The second kappa shape index (κ2) is 15.6. The molecule has 0 spiro atoms. The molecule has 0 saturated carbocycles. The molecule has 0 N–H and O–H groups in total. The quantitative estimate of drug-likeness (QED) is 0.157. The average Bonchev–Trinajstić information content (AvgIpc) is 3.47. The summed E-state index contributed by atoms with van der Waals surface area (Å²) < 4.78 is 6.49. The number of fused-ring (bicyclic) bond motifs is 3. The van der Waals surface area contributed by atoms with Gasteiger partial charge in [0.05, 0.1) is 11.3 Å². The third kappa shape index (κ3) is 8.12. The van der Waals surface area contributed by atoms with Gasteiger partial charge in [-0.15, -0.1) is 54.1 Å². The summed E-state index contributed by atoms with van der Waals surface area (Å²) in [5, 5.41) is 2.06. The van der Waals surface area contributed by atoms with Crippen LogP contribution in [0, 0.1) is 24.5 Å². The molecule has 1 radical (unpaired) electrons. The van der Waals surface area contributed by atoms with Gasteiger partial charge >= 0.3 is 0 Å². The molecule has 257 valence electrons. The van der Waals surface area contributed by atoms with Crippen molar-refractivity contribution in [2.75, 3.05) is 0 Å². The number of hydrogen-bond donors (Lipinski definition) is 0. The van der Waals surface area contributed by atoms with E-state index in [0.717, 1.165) is 51.0 Å². The number of aromatic nitrogens is 3. The molecule has 7 rings (SSSR count). The second-order valence-electron chi connectivity index (χ2n) is 14.6. The van der Waals surface area contributed by atoms with E-state index < -0.39 is 0 Å². The van der Waals surface area contributed by atoms with Crippen molar-refractivity contribution < 1.29 is 24.5 Å². The van der Waals surface area contributed by atoms with Crippen molar-refractivity contribution in [2.45, 2.75) is 73.6 Å². The normalized spacial score (nSPS) is 11.5. The Morgan fingerprint density at radius 2 is 1.46 bits per heavy atom. The fourth-order valence-corrected chi connectivity index (χ4v) is 6.34. The van der Waals surface area contributed by atoms with E-state index in [2.05, 4.69) is 115 Å². The molecule has 50 heavy (non-hydrogen) atoms. The molecule has 4 nitrogen and oxygen atoms in total. The molecule has 3 aromatic carbocycles. The van der Waals surface area contributed by atoms with Gasteiger partial charge in [-0.2, -0.15) is 0 Å². The molecule has 0 aliphatic rings. The number of hydrogen-bond acceptors (Lipinski definition) is 4. The molecule has 0 fully saturated rings. The van der Waals surface area contributed by atoms with E-state index in [-0.39, 0.29) is 25.5 Å². The van der Waals surface area contributed by atoms with Crippen LogP contribution in [0.3, 0.4) is 0 Å². The maximum absolute atomic E-state index is 6.49. The maximum Gasteiger partial charge on any atom is 0.216 e. The van der Waals surface area contributed by atoms with E-state index in [0.29, 0.717) is 17.5 Å². The van der Waals surface area contributed by atoms with Crippen LogP contribution in [0.15, 0.2) is 108 Å². The first-order chi connectivity index (χ1) is 23.5. The zero-order valence-corrected chi connectivity index (χ0v) is 32.7. The molecule has 0 aliphatic carbocycles. The minimum Gasteiger partial charge on any atom is -0.486 e. The van der Waals surface area contributed by atoms with Crippen LogP contribution >= 0.6 is 0 Å². The van der Waals surface area contributed by atoms with E-state index in [4.69, 9.17) is 14.4 Å². The van der Waals surface area contributed by atoms with Gasteiger partial charge in [0.2, 0.25) is 5.71 Å². The van der Waals surface area contributed by atoms with Crippen LogP contribution in [-0.2, 0) is 26.5 Å². The summed E-state index contributed by atoms with van der Waals surface area (Å²) in [5.74, 6) is 0.802. The Balaban J connectivity index is 0.000000315. The molecule has 5 heteroatoms. The zero-order valence-electron chi connectivity index (χ0n) is 30.3. The Morgan fingerprint density at radius 3 is 2.10 bits per heavy atom. The molecule has 0 aliphatic heterocycles. The Kier molecular flexibility index (Phi) is 11.5. The van der Waals surface area contributed by atoms with E-state index in [9.17, 15) is 0 Å². The predicted octanol–water partition coefficient (Wildman–Crippen LogP) is 12.2. The Labute approximate surface area is 310 Å². The maximum atomic E-state index is 6.49. The minimum atomic E-state index is 0. The van der Waals surface area contributed by atoms with Crippen LogP contribution in [0.1, 0.15) is 82.6 Å². The molecule has 0 atom stereocenters. The fraction of sp³-hybridized carbons (Fsp3) is 0.267. The van der Waals surface area contributed by atoms with Gasteiger partial charge in [-0.25, -0.2) is 4.98 Å². The molecule has 4 heterocycles. The van der Waals surface area contributed by atoms with Gasteiger partial charge < -0.3 is 14.4 Å². The molecule has 7 aromatic rings. The number of rotatable bonds is 6. The summed E-state index contributed by atoms with van der Waals surface area (Å²) in [6.45, 7) is 17.9. The summed E-state index contributed by atoms with van der Waals surface area (Å²) in [7, 11) is 0. The SMILES string of the molecule is Cc1cnc(-c2[c-]ccc3c2oc2nc(-c4c(C(C)C)cccc4C(C)C)ccc23)cc1CC(C)(C)C.[Ir].[c-]1ccccc1-c1ccccn1. The summed E-state index contributed by atoms with van der Waals surface area (Å²) in [5.41, 5.74) is 12.8. The first-order valence-electron chi connectivity index (χ1n) is 17.2. The number of aryl methyl sites for hydroxylation is 1. The van der Waals surface area contributed by atoms with Crippen molar-refractivity contribution in [1.29, 1.82) is 0 Å². The van der Waals surface area contributed by atoms with Crippen LogP contribution < -0.4 is 0 Å². The largest absolute Gasteiger partial charge is 0.486 e. The minimum absolute atomic E-state index is 0. The van der Waals surface area contributed by atoms with Crippen LogP contribution in [0.4, 0.5) is 0 Å². The van der Waals surface area contributed by atoms with Gasteiger partial charge in [0.1, 0.15) is 0 Å². The van der Waals surface area contributed by atoms with Crippen LogP contribution in [-0.4, -0.2) is 15.0 Å². The number of nitrogens with zero attached hydrogens (tertiary/aromatic N) is 3. The summed E-state index contributed by atoms with van der Waals surface area (Å²) in [4.78, 5) is 14.1. The van der Waals surface area contributed by atoms with Crippen molar-refractivity contribution in [3.63, 3.8) is 0 Å². The van der Waals surface area contributed by atoms with Crippen molar-refractivity contribution in [3.8, 4) is 33.8 Å². The number of pyridine rings is 3. The third-order valence-corrected chi connectivity index (χ3v) is 8.77. The first kappa shape index (κ1) is 36.8. The molecule has 0 unspecified atom stereocenters. The Bertz CT molecular complexity index is 2130. The fourth-order valence-electron chi connectivity index (χ4n) is 6.34. The van der Waals surface area contributed by atoms with E-state index in [1.54, 1.807) is 6.20 Å². The van der Waals surface area contributed by atoms with Gasteiger partial charge in [0.15, 0.2) is 0 Å². The summed E-state index contributed by atoms with van der Waals surface area (Å²) in [6.07, 6.45) is 4.75. The smallest absolute Gasteiger partial charge is 0.216 e. The van der Waals surface area contributed by atoms with Crippen molar-refractivity contribution in [3.05, 3.63) is 138 Å². The Morgan fingerprint density at radius 1 is 0.720 bits per heavy atom. The molecule has 0 saturated heterocycles. The van der Waals surface area contributed by atoms with E-state index in [1.165, 1.54) is 27.8 Å². The second-order valence-corrected chi connectivity index (χ2v) is 14.6. The monoisotopic (exact) mass is 836 g/mol. The molecule has 0 amide bonds. The first-order valence-corrected chi connectivity index (χ1v) is 17.2. The topological polar surface area (TPSA) is 51.8 Å². The van der Waals surface area contributed by atoms with E-state index >= 15 is 0 Å². The standard InChI is InChI=1S/C34H37N2O.C11H8N.Ir/c1-20(2)24-11-9-12-25(21(3)4)31(24)29-16-15-27-26-13-10-14-28(32(26)37-33(27)36-29)30-17-23(18-34(6,7)8)22(5)19-35-30;1-2-6-10(7-3-1)11-8-4-5-9-12-11;/h9-13,15-17,19-21H,18H2,1-8H3;1-6,8-9H;/q2*-1;. The van der Waals surface area contributed by atoms with Crippen LogP contribution in [0.5, 0.6) is 0 Å². The van der Waals surface area contributed by atoms with Crippen molar-refractivity contribution in [1.82, 2.24) is 15.0 Å². The summed E-state index contributed by atoms with van der Waals surface area (Å²) >= 11 is 0. The van der Waals surface area contributed by atoms with Gasteiger partial charge in [-0.1, -0.05) is 101 Å². The summed E-state index contributed by atoms with van der Waals surface area (Å²) in [6, 6.07) is 37.4. The molecular weight excluding hydrogens is 791 g/mol. The predicted molar refractivity (Wildman–Crippen MR) is 204 cm³/mol. The van der Waals surface area contributed by atoms with Crippen LogP contribution in [0.2, 0.25) is 0 Å². The zero-order chi connectivity index (χ0) is 34.7. The molecule has 0 bridgehead atoms. The van der Waals surface area contributed by atoms with Crippen LogP contribution in [0.25, 0.3) is 55.8 Å².